The lowest BCUT2D eigenvalue weighted by Gasteiger charge is -2.09. The van der Waals surface area contributed by atoms with E-state index in [1.54, 1.807) is 6.92 Å². The number of rotatable bonds is 4. The molecule has 0 fully saturated rings. The Labute approximate surface area is 107 Å². The second-order valence-electron chi connectivity index (χ2n) is 3.21. The Morgan fingerprint density at radius 3 is 2.75 bits per heavy atom. The van der Waals surface area contributed by atoms with Crippen molar-refractivity contribution in [3.63, 3.8) is 0 Å². The number of halogens is 3. The standard InChI is InChI=1S/C9H10BrClFNO2S/c1-6(10)5-13-16(14,15)9-4-7(12)2-3-8(9)11/h2-4,6,13H,5H2,1H3. The quantitative estimate of drug-likeness (QED) is 0.862. The molecule has 1 atom stereocenters. The first-order valence-corrected chi connectivity index (χ1v) is 7.19. The van der Waals surface area contributed by atoms with Gasteiger partial charge in [0.15, 0.2) is 0 Å². The molecule has 7 heteroatoms. The normalized spacial score (nSPS) is 13.8. The van der Waals surface area contributed by atoms with Crippen LogP contribution < -0.4 is 4.72 Å². The summed E-state index contributed by atoms with van der Waals surface area (Å²) in [7, 11) is -3.76. The molecule has 0 aliphatic rings. The smallest absolute Gasteiger partial charge is 0.210 e. The summed E-state index contributed by atoms with van der Waals surface area (Å²) in [5, 5.41) is -0.00359. The number of alkyl halides is 1. The summed E-state index contributed by atoms with van der Waals surface area (Å²) in [6, 6.07) is 3.21. The van der Waals surface area contributed by atoms with E-state index >= 15 is 0 Å². The number of hydrogen-bond donors (Lipinski definition) is 1. The van der Waals surface area contributed by atoms with Crippen molar-refractivity contribution in [3.05, 3.63) is 29.0 Å². The fourth-order valence-corrected chi connectivity index (χ4v) is 3.00. The molecule has 16 heavy (non-hydrogen) atoms. The van der Waals surface area contributed by atoms with Crippen LogP contribution in [0.5, 0.6) is 0 Å². The van der Waals surface area contributed by atoms with Crippen LogP contribution >= 0.6 is 27.5 Å². The van der Waals surface area contributed by atoms with Crippen LogP contribution in [0.2, 0.25) is 5.02 Å². The molecule has 0 bridgehead atoms. The van der Waals surface area contributed by atoms with Crippen LogP contribution in [-0.4, -0.2) is 19.8 Å². The van der Waals surface area contributed by atoms with Crippen LogP contribution in [0.1, 0.15) is 6.92 Å². The molecular formula is C9H10BrClFNO2S. The highest BCUT2D eigenvalue weighted by atomic mass is 79.9. The molecule has 0 aromatic heterocycles. The maximum absolute atomic E-state index is 12.9. The fraction of sp³-hybridized carbons (Fsp3) is 0.333. The van der Waals surface area contributed by atoms with Crippen molar-refractivity contribution in [2.75, 3.05) is 6.54 Å². The minimum atomic E-state index is -3.76. The van der Waals surface area contributed by atoms with Gasteiger partial charge in [-0.2, -0.15) is 0 Å². The zero-order valence-corrected chi connectivity index (χ0v) is 11.5. The third-order valence-electron chi connectivity index (χ3n) is 1.74. The van der Waals surface area contributed by atoms with Gasteiger partial charge in [-0.25, -0.2) is 17.5 Å². The van der Waals surface area contributed by atoms with Gasteiger partial charge in [0.2, 0.25) is 10.0 Å². The molecule has 0 amide bonds. The van der Waals surface area contributed by atoms with Gasteiger partial charge in [0, 0.05) is 11.4 Å². The molecule has 0 aliphatic carbocycles. The van der Waals surface area contributed by atoms with Crippen LogP contribution in [0.4, 0.5) is 4.39 Å². The molecule has 0 spiro atoms. The van der Waals surface area contributed by atoms with Crippen LogP contribution in [-0.2, 0) is 10.0 Å². The lowest BCUT2D eigenvalue weighted by molar-refractivity contribution is 0.578. The predicted molar refractivity (Wildman–Crippen MR) is 65.0 cm³/mol. The van der Waals surface area contributed by atoms with Crippen molar-refractivity contribution >= 4 is 37.6 Å². The number of nitrogens with one attached hydrogen (secondary N) is 1. The topological polar surface area (TPSA) is 46.2 Å². The number of benzene rings is 1. The molecule has 1 aromatic rings. The van der Waals surface area contributed by atoms with Crippen molar-refractivity contribution in [2.45, 2.75) is 16.6 Å². The Balaban J connectivity index is 3.02. The maximum Gasteiger partial charge on any atom is 0.242 e. The van der Waals surface area contributed by atoms with Crippen molar-refractivity contribution in [1.29, 1.82) is 0 Å². The summed E-state index contributed by atoms with van der Waals surface area (Å²) in [5.74, 6) is -0.642. The van der Waals surface area contributed by atoms with E-state index in [1.807, 2.05) is 0 Å². The first-order valence-electron chi connectivity index (χ1n) is 4.41. The van der Waals surface area contributed by atoms with E-state index in [0.717, 1.165) is 12.1 Å². The molecule has 1 aromatic carbocycles. The van der Waals surface area contributed by atoms with Gasteiger partial charge in [-0.1, -0.05) is 34.5 Å². The summed E-state index contributed by atoms with van der Waals surface area (Å²) in [6.45, 7) is 1.99. The molecule has 0 aliphatic heterocycles. The third kappa shape index (κ3) is 3.69. The Bertz CT molecular complexity index is 478. The molecule has 0 saturated heterocycles. The van der Waals surface area contributed by atoms with Crippen molar-refractivity contribution in [1.82, 2.24) is 4.72 Å². The molecule has 0 heterocycles. The van der Waals surface area contributed by atoms with Gasteiger partial charge in [0.1, 0.15) is 10.7 Å². The molecule has 1 N–H and O–H groups in total. The van der Waals surface area contributed by atoms with Gasteiger partial charge in [-0.3, -0.25) is 0 Å². The van der Waals surface area contributed by atoms with Gasteiger partial charge in [-0.15, -0.1) is 0 Å². The van der Waals surface area contributed by atoms with Gasteiger partial charge in [-0.05, 0) is 18.2 Å². The molecule has 1 rings (SSSR count). The fourth-order valence-electron chi connectivity index (χ4n) is 0.985. The Morgan fingerprint density at radius 2 is 2.19 bits per heavy atom. The molecule has 90 valence electrons. The van der Waals surface area contributed by atoms with E-state index < -0.39 is 15.8 Å². The highest BCUT2D eigenvalue weighted by molar-refractivity contribution is 9.09. The van der Waals surface area contributed by atoms with Crippen LogP contribution in [0.3, 0.4) is 0 Å². The zero-order chi connectivity index (χ0) is 12.3. The molecule has 0 saturated carbocycles. The summed E-state index contributed by atoms with van der Waals surface area (Å²) in [6.07, 6.45) is 0. The first-order chi connectivity index (χ1) is 7.33. The van der Waals surface area contributed by atoms with E-state index in [2.05, 4.69) is 20.7 Å². The Hall–Kier alpha value is -0.170. The predicted octanol–water partition coefficient (Wildman–Crippen LogP) is 2.54. The molecule has 1 unspecified atom stereocenters. The van der Waals surface area contributed by atoms with Gasteiger partial charge in [0.05, 0.1) is 5.02 Å². The van der Waals surface area contributed by atoms with Crippen LogP contribution in [0.25, 0.3) is 0 Å². The largest absolute Gasteiger partial charge is 0.242 e. The highest BCUT2D eigenvalue weighted by Gasteiger charge is 2.18. The minimum Gasteiger partial charge on any atom is -0.210 e. The van der Waals surface area contributed by atoms with Crippen molar-refractivity contribution in [2.24, 2.45) is 0 Å². The molecule has 3 nitrogen and oxygen atoms in total. The maximum atomic E-state index is 12.9. The van der Waals surface area contributed by atoms with E-state index in [0.29, 0.717) is 0 Å². The van der Waals surface area contributed by atoms with Gasteiger partial charge < -0.3 is 0 Å². The SMILES string of the molecule is CC(Br)CNS(=O)(=O)c1cc(F)ccc1Cl. The zero-order valence-electron chi connectivity index (χ0n) is 8.38. The average Bonchev–Trinajstić information content (AvgIpc) is 2.19. The lowest BCUT2D eigenvalue weighted by atomic mass is 10.3. The summed E-state index contributed by atoms with van der Waals surface area (Å²) in [4.78, 5) is -0.267. The average molecular weight is 331 g/mol. The number of sulfonamides is 1. The Morgan fingerprint density at radius 1 is 1.56 bits per heavy atom. The van der Waals surface area contributed by atoms with Gasteiger partial charge in [0.25, 0.3) is 0 Å². The third-order valence-corrected chi connectivity index (χ3v) is 3.97. The van der Waals surface area contributed by atoms with Gasteiger partial charge >= 0.3 is 0 Å². The van der Waals surface area contributed by atoms with Crippen molar-refractivity contribution in [3.8, 4) is 0 Å². The van der Waals surface area contributed by atoms with Crippen LogP contribution in [0, 0.1) is 5.82 Å². The van der Waals surface area contributed by atoms with Crippen LogP contribution in [0.15, 0.2) is 23.1 Å². The lowest BCUT2D eigenvalue weighted by Crippen LogP contribution is -2.28. The Kier molecular flexibility index (Phi) is 4.73. The number of hydrogen-bond acceptors (Lipinski definition) is 2. The molecule has 0 radical (unpaired) electrons. The highest BCUT2D eigenvalue weighted by Crippen LogP contribution is 2.21. The van der Waals surface area contributed by atoms with E-state index in [1.165, 1.54) is 6.07 Å². The van der Waals surface area contributed by atoms with E-state index in [4.69, 9.17) is 11.6 Å². The minimum absolute atomic E-state index is 0.00359. The second-order valence-corrected chi connectivity index (χ2v) is 6.91. The van der Waals surface area contributed by atoms with E-state index in [-0.39, 0.29) is 21.3 Å². The summed E-state index contributed by atoms with van der Waals surface area (Å²) >= 11 is 8.90. The summed E-state index contributed by atoms with van der Waals surface area (Å²) < 4.78 is 38.7. The first kappa shape index (κ1) is 13.9. The second kappa shape index (κ2) is 5.44. The monoisotopic (exact) mass is 329 g/mol. The van der Waals surface area contributed by atoms with Crippen molar-refractivity contribution < 1.29 is 12.8 Å². The summed E-state index contributed by atoms with van der Waals surface area (Å²) in [5.41, 5.74) is 0. The molecular weight excluding hydrogens is 321 g/mol. The van der Waals surface area contributed by atoms with E-state index in [9.17, 15) is 12.8 Å².